The fraction of sp³-hybridized carbons (Fsp3) is 0.600. The van der Waals surface area contributed by atoms with Crippen LogP contribution in [-0.4, -0.2) is 0 Å². The van der Waals surface area contributed by atoms with E-state index in [-0.39, 0.29) is 11.9 Å². The van der Waals surface area contributed by atoms with Crippen molar-refractivity contribution in [2.75, 3.05) is 0 Å². The Morgan fingerprint density at radius 1 is 1.29 bits per heavy atom. The van der Waals surface area contributed by atoms with Crippen LogP contribution >= 0.6 is 0 Å². The lowest BCUT2D eigenvalue weighted by Gasteiger charge is -2.23. The Bertz CT molecular complexity index is 349. The van der Waals surface area contributed by atoms with E-state index in [1.165, 1.54) is 18.9 Å². The van der Waals surface area contributed by atoms with E-state index in [1.54, 1.807) is 6.92 Å². The molecule has 2 heteroatoms. The Hall–Kier alpha value is -0.890. The average molecular weight is 237 g/mol. The molecule has 96 valence electrons. The van der Waals surface area contributed by atoms with Crippen molar-refractivity contribution in [3.8, 4) is 0 Å². The molecule has 0 aliphatic carbocycles. The van der Waals surface area contributed by atoms with Gasteiger partial charge in [-0.3, -0.25) is 0 Å². The van der Waals surface area contributed by atoms with Gasteiger partial charge in [0.15, 0.2) is 0 Å². The van der Waals surface area contributed by atoms with Crippen molar-refractivity contribution in [2.45, 2.75) is 52.5 Å². The molecule has 17 heavy (non-hydrogen) atoms. The van der Waals surface area contributed by atoms with Crippen LogP contribution in [0.4, 0.5) is 4.39 Å². The Balaban J connectivity index is 2.78. The molecule has 0 amide bonds. The number of hydrogen-bond acceptors (Lipinski definition) is 1. The van der Waals surface area contributed by atoms with Gasteiger partial charge in [0.25, 0.3) is 0 Å². The summed E-state index contributed by atoms with van der Waals surface area (Å²) in [6, 6.07) is 5.26. The summed E-state index contributed by atoms with van der Waals surface area (Å²) >= 11 is 0. The van der Waals surface area contributed by atoms with Crippen molar-refractivity contribution in [2.24, 2.45) is 11.7 Å². The molecule has 0 heterocycles. The molecule has 1 aromatic carbocycles. The van der Waals surface area contributed by atoms with E-state index in [4.69, 9.17) is 5.73 Å². The Morgan fingerprint density at radius 2 is 2.00 bits per heavy atom. The van der Waals surface area contributed by atoms with Crippen LogP contribution < -0.4 is 5.73 Å². The topological polar surface area (TPSA) is 26.0 Å². The molecule has 0 aromatic heterocycles. The Kier molecular flexibility index (Phi) is 5.63. The lowest BCUT2D eigenvalue weighted by atomic mass is 9.87. The number of halogens is 1. The maximum atomic E-state index is 13.2. The third-order valence-corrected chi connectivity index (χ3v) is 3.53. The van der Waals surface area contributed by atoms with Crippen LogP contribution in [-0.2, 0) is 0 Å². The number of nitrogens with two attached hydrogens (primary N) is 1. The third kappa shape index (κ3) is 3.81. The Labute approximate surface area is 104 Å². The molecule has 0 radical (unpaired) electrons. The molecule has 1 aromatic rings. The van der Waals surface area contributed by atoms with Gasteiger partial charge in [0.1, 0.15) is 5.82 Å². The van der Waals surface area contributed by atoms with E-state index in [1.807, 2.05) is 12.1 Å². The highest BCUT2D eigenvalue weighted by Gasteiger charge is 2.17. The van der Waals surface area contributed by atoms with Crippen LogP contribution in [0.3, 0.4) is 0 Å². The van der Waals surface area contributed by atoms with Gasteiger partial charge in [0, 0.05) is 6.04 Å². The van der Waals surface area contributed by atoms with Crippen molar-refractivity contribution in [1.29, 1.82) is 0 Å². The molecular formula is C15H24FN. The summed E-state index contributed by atoms with van der Waals surface area (Å²) in [6.45, 7) is 6.16. The van der Waals surface area contributed by atoms with Crippen molar-refractivity contribution >= 4 is 0 Å². The minimum absolute atomic E-state index is 0.0332. The fourth-order valence-electron chi connectivity index (χ4n) is 2.25. The first-order valence-electron chi connectivity index (χ1n) is 6.61. The molecule has 0 spiro atoms. The van der Waals surface area contributed by atoms with E-state index in [0.717, 1.165) is 18.4 Å². The lowest BCUT2D eigenvalue weighted by molar-refractivity contribution is 0.378. The molecule has 0 bridgehead atoms. The second kappa shape index (κ2) is 6.75. The zero-order chi connectivity index (χ0) is 12.8. The predicted octanol–water partition coefficient (Wildman–Crippen LogP) is 4.35. The van der Waals surface area contributed by atoms with Crippen molar-refractivity contribution < 1.29 is 4.39 Å². The summed E-state index contributed by atoms with van der Waals surface area (Å²) in [5.41, 5.74) is 8.03. The second-order valence-corrected chi connectivity index (χ2v) is 4.84. The van der Waals surface area contributed by atoms with Crippen LogP contribution in [0.5, 0.6) is 0 Å². The van der Waals surface area contributed by atoms with Crippen LogP contribution in [0, 0.1) is 18.7 Å². The first-order valence-corrected chi connectivity index (χ1v) is 6.61. The molecule has 0 aliphatic heterocycles. The number of rotatable bonds is 6. The first-order chi connectivity index (χ1) is 8.10. The summed E-state index contributed by atoms with van der Waals surface area (Å²) in [5, 5.41) is 0. The molecule has 0 saturated heterocycles. The Morgan fingerprint density at radius 3 is 2.53 bits per heavy atom. The van der Waals surface area contributed by atoms with Gasteiger partial charge in [-0.1, -0.05) is 45.2 Å². The van der Waals surface area contributed by atoms with Gasteiger partial charge < -0.3 is 5.73 Å². The fourth-order valence-corrected chi connectivity index (χ4v) is 2.25. The molecule has 2 unspecified atom stereocenters. The van der Waals surface area contributed by atoms with Crippen molar-refractivity contribution in [1.82, 2.24) is 0 Å². The van der Waals surface area contributed by atoms with Crippen LogP contribution in [0.25, 0.3) is 0 Å². The smallest absolute Gasteiger partial charge is 0.126 e. The monoisotopic (exact) mass is 237 g/mol. The van der Waals surface area contributed by atoms with Gasteiger partial charge in [0.05, 0.1) is 0 Å². The molecule has 1 rings (SSSR count). The quantitative estimate of drug-likeness (QED) is 0.782. The van der Waals surface area contributed by atoms with E-state index >= 15 is 0 Å². The highest BCUT2D eigenvalue weighted by Crippen LogP contribution is 2.27. The largest absolute Gasteiger partial charge is 0.324 e. The molecular weight excluding hydrogens is 213 g/mol. The average Bonchev–Trinajstić information content (AvgIpc) is 2.33. The molecule has 0 saturated carbocycles. The number of unbranched alkanes of at least 4 members (excludes halogenated alkanes) is 1. The van der Waals surface area contributed by atoms with Gasteiger partial charge in [0.2, 0.25) is 0 Å². The molecule has 2 N–H and O–H groups in total. The highest BCUT2D eigenvalue weighted by atomic mass is 19.1. The number of benzene rings is 1. The zero-order valence-electron chi connectivity index (χ0n) is 11.2. The standard InChI is InChI=1S/C15H24FN/c1-4-6-7-12(5-2)15(17)13-8-9-14(16)11(3)10-13/h8-10,12,15H,4-7,17H2,1-3H3. The van der Waals surface area contributed by atoms with E-state index in [2.05, 4.69) is 13.8 Å². The normalized spacial score (nSPS) is 14.6. The summed E-state index contributed by atoms with van der Waals surface area (Å²) in [7, 11) is 0. The van der Waals surface area contributed by atoms with Crippen molar-refractivity contribution in [3.05, 3.63) is 35.1 Å². The van der Waals surface area contributed by atoms with Crippen LogP contribution in [0.15, 0.2) is 18.2 Å². The first kappa shape index (κ1) is 14.2. The molecule has 0 aliphatic rings. The van der Waals surface area contributed by atoms with E-state index in [9.17, 15) is 4.39 Å². The van der Waals surface area contributed by atoms with Crippen molar-refractivity contribution in [3.63, 3.8) is 0 Å². The number of hydrogen-bond donors (Lipinski definition) is 1. The zero-order valence-corrected chi connectivity index (χ0v) is 11.2. The molecule has 1 nitrogen and oxygen atoms in total. The van der Waals surface area contributed by atoms with Gasteiger partial charge in [-0.05, 0) is 36.5 Å². The van der Waals surface area contributed by atoms with E-state index < -0.39 is 0 Å². The predicted molar refractivity (Wildman–Crippen MR) is 71.4 cm³/mol. The van der Waals surface area contributed by atoms with Gasteiger partial charge >= 0.3 is 0 Å². The van der Waals surface area contributed by atoms with Gasteiger partial charge in [-0.15, -0.1) is 0 Å². The maximum absolute atomic E-state index is 13.2. The second-order valence-electron chi connectivity index (χ2n) is 4.84. The lowest BCUT2D eigenvalue weighted by Crippen LogP contribution is -2.21. The summed E-state index contributed by atoms with van der Waals surface area (Å²) < 4.78 is 13.2. The summed E-state index contributed by atoms with van der Waals surface area (Å²) in [5.74, 6) is 0.349. The molecule has 0 fully saturated rings. The van der Waals surface area contributed by atoms with Crippen LogP contribution in [0.1, 0.15) is 56.7 Å². The number of aryl methyl sites for hydroxylation is 1. The third-order valence-electron chi connectivity index (χ3n) is 3.53. The highest BCUT2D eigenvalue weighted by molar-refractivity contribution is 5.26. The van der Waals surface area contributed by atoms with Gasteiger partial charge in [-0.2, -0.15) is 0 Å². The van der Waals surface area contributed by atoms with Gasteiger partial charge in [-0.25, -0.2) is 4.39 Å². The summed E-state index contributed by atoms with van der Waals surface area (Å²) in [4.78, 5) is 0. The SMILES string of the molecule is CCCCC(CC)C(N)c1ccc(F)c(C)c1. The maximum Gasteiger partial charge on any atom is 0.126 e. The molecule has 2 atom stereocenters. The van der Waals surface area contributed by atoms with E-state index in [0.29, 0.717) is 11.5 Å². The minimum Gasteiger partial charge on any atom is -0.324 e. The van der Waals surface area contributed by atoms with Crippen LogP contribution in [0.2, 0.25) is 0 Å². The summed E-state index contributed by atoms with van der Waals surface area (Å²) in [6.07, 6.45) is 4.65. The minimum atomic E-state index is -0.150.